The van der Waals surface area contributed by atoms with E-state index in [-0.39, 0.29) is 28.6 Å². The maximum Gasteiger partial charge on any atom is 0.360 e. The molecule has 54 heavy (non-hydrogen) atoms. The molecule has 0 spiro atoms. The maximum atomic E-state index is 13.8. The van der Waals surface area contributed by atoms with Crippen LogP contribution in [0.3, 0.4) is 0 Å². The third-order valence-corrected chi connectivity index (χ3v) is 10.7. The first kappa shape index (κ1) is 42.1. The van der Waals surface area contributed by atoms with E-state index in [9.17, 15) is 9.90 Å². The van der Waals surface area contributed by atoms with E-state index in [4.69, 9.17) is 65.0 Å². The van der Waals surface area contributed by atoms with Crippen LogP contribution in [0, 0.1) is 23.2 Å². The van der Waals surface area contributed by atoms with E-state index in [1.807, 2.05) is 56.4 Å². The summed E-state index contributed by atoms with van der Waals surface area (Å²) < 4.78 is 25.0. The molecular formula is C44H49Cl4O6+. The van der Waals surface area contributed by atoms with Gasteiger partial charge in [0.25, 0.3) is 0 Å². The van der Waals surface area contributed by atoms with Gasteiger partial charge in [0.05, 0.1) is 56.1 Å². The predicted octanol–water partition coefficient (Wildman–Crippen LogP) is 13.0. The van der Waals surface area contributed by atoms with Gasteiger partial charge in [-0.3, -0.25) is 4.79 Å². The van der Waals surface area contributed by atoms with Gasteiger partial charge >= 0.3 is 11.5 Å². The second kappa shape index (κ2) is 17.4. The zero-order valence-corrected chi connectivity index (χ0v) is 35.1. The van der Waals surface area contributed by atoms with Gasteiger partial charge in [-0.1, -0.05) is 100 Å². The quantitative estimate of drug-likeness (QED) is 0.151. The molecule has 0 fully saturated rings. The number of Topliss-reactive ketones (excluding diaryl/α,β-unsaturated/α-hetero) is 1. The third-order valence-electron chi connectivity index (χ3n) is 9.13. The van der Waals surface area contributed by atoms with Crippen LogP contribution in [-0.2, 0) is 24.4 Å². The lowest BCUT2D eigenvalue weighted by Gasteiger charge is -2.33. The van der Waals surface area contributed by atoms with E-state index >= 15 is 0 Å². The summed E-state index contributed by atoms with van der Waals surface area (Å²) in [5.41, 5.74) is 1.46. The minimum Gasteiger partial charge on any atom is -0.506 e. The van der Waals surface area contributed by atoms with Crippen molar-refractivity contribution in [3.8, 4) is 11.3 Å². The summed E-state index contributed by atoms with van der Waals surface area (Å²) in [4.78, 5) is 13.8. The number of carbonyl (C=O) groups is 1. The topological polar surface area (TPSA) is 76.3 Å². The Morgan fingerprint density at radius 1 is 0.889 bits per heavy atom. The average Bonchev–Trinajstić information content (AvgIpc) is 3.11. The molecule has 2 aromatic rings. The fraction of sp³-hybridized carbons (Fsp3) is 0.409. The van der Waals surface area contributed by atoms with Crippen LogP contribution in [0.2, 0.25) is 10.0 Å². The highest BCUT2D eigenvalue weighted by Crippen LogP contribution is 2.42. The summed E-state index contributed by atoms with van der Waals surface area (Å²) in [6.45, 7) is 18.7. The number of benzene rings is 1. The molecule has 0 amide bonds. The number of hydrogen-bond donors (Lipinski definition) is 1. The van der Waals surface area contributed by atoms with Crippen molar-refractivity contribution in [2.75, 3.05) is 26.4 Å². The van der Waals surface area contributed by atoms with Crippen LogP contribution in [0.15, 0.2) is 109 Å². The first-order valence-corrected chi connectivity index (χ1v) is 19.7. The number of halogens is 4. The van der Waals surface area contributed by atoms with E-state index in [1.54, 1.807) is 24.3 Å². The average molecular weight is 816 g/mol. The Balaban J connectivity index is 1.53. The lowest BCUT2D eigenvalue weighted by molar-refractivity contribution is -0.113. The highest BCUT2D eigenvalue weighted by atomic mass is 35.5. The van der Waals surface area contributed by atoms with Crippen LogP contribution in [0.25, 0.3) is 17.4 Å². The summed E-state index contributed by atoms with van der Waals surface area (Å²) in [6, 6.07) is 8.95. The molecule has 1 atom stereocenters. The van der Waals surface area contributed by atoms with Gasteiger partial charge in [0.2, 0.25) is 5.78 Å². The normalized spacial score (nSPS) is 19.6. The largest absolute Gasteiger partial charge is 0.506 e. The summed E-state index contributed by atoms with van der Waals surface area (Å²) in [7, 11) is 0. The monoisotopic (exact) mass is 813 g/mol. The van der Waals surface area contributed by atoms with Gasteiger partial charge in [-0.25, -0.2) is 4.42 Å². The van der Waals surface area contributed by atoms with Crippen LogP contribution in [-0.4, -0.2) is 37.3 Å². The molecule has 1 aromatic carbocycles. The summed E-state index contributed by atoms with van der Waals surface area (Å²) in [5, 5.41) is 13.1. The number of aliphatic hydroxyl groups is 1. The van der Waals surface area contributed by atoms with Crippen molar-refractivity contribution in [3.63, 3.8) is 0 Å². The molecule has 0 saturated carbocycles. The number of carbonyl (C=O) groups excluding carboxylic acids is 1. The van der Waals surface area contributed by atoms with Crippen LogP contribution >= 0.6 is 46.4 Å². The molecule has 3 aliphatic rings. The molecule has 5 rings (SSSR count). The van der Waals surface area contributed by atoms with Crippen molar-refractivity contribution in [1.82, 2.24) is 0 Å². The standard InChI is InChI=1S/C44H48Cl4O6/c1-25(2)21-51-23-43(5,6)39-17-27(15-37(53-39)29-9-11-33(45)35(47)19-29)13-31-41(49)32(42(31)50)14-28-16-38(30-10-12-34(46)36(48)20-30)54-40(18-28)44(7,8)24-52-22-26(3)4/h9,11-20,25-26,30H,10,21-24H2,1-8H3/p+1. The van der Waals surface area contributed by atoms with E-state index in [0.717, 1.165) is 0 Å². The SMILES string of the molecule is CC(C)COCC(C)(C)C1=C/C(=C/C2=C(O)C(=C\c3cc(-c4ccc(Cl)c(Cl)c4)[o+]c(C(C)(C)COCC(C)C)c3)/C2=O)C=C(C2C=C(Cl)C(Cl)=CC2)O1. The summed E-state index contributed by atoms with van der Waals surface area (Å²) in [6.07, 6.45) is 11.5. The molecule has 2 aliphatic carbocycles. The zero-order chi connectivity index (χ0) is 39.5. The minimum atomic E-state index is -0.519. The third kappa shape index (κ3) is 10.2. The van der Waals surface area contributed by atoms with Gasteiger partial charge in [0.15, 0.2) is 0 Å². The van der Waals surface area contributed by atoms with E-state index in [1.165, 1.54) is 0 Å². The lowest BCUT2D eigenvalue weighted by atomic mass is 9.83. The van der Waals surface area contributed by atoms with Gasteiger partial charge in [0.1, 0.15) is 22.7 Å². The highest BCUT2D eigenvalue weighted by molar-refractivity contribution is 6.44. The number of rotatable bonds is 14. The first-order chi connectivity index (χ1) is 25.3. The Morgan fingerprint density at radius 2 is 1.56 bits per heavy atom. The first-order valence-electron chi connectivity index (χ1n) is 18.2. The Hall–Kier alpha value is -3.10. The van der Waals surface area contributed by atoms with Crippen LogP contribution in [0.1, 0.15) is 73.1 Å². The maximum absolute atomic E-state index is 13.8. The van der Waals surface area contributed by atoms with Crippen molar-refractivity contribution in [2.45, 2.75) is 67.2 Å². The molecule has 10 heteroatoms. The Bertz CT molecular complexity index is 2010. The summed E-state index contributed by atoms with van der Waals surface area (Å²) in [5.74, 6) is 2.71. The molecule has 1 N–H and O–H groups in total. The predicted molar refractivity (Wildman–Crippen MR) is 221 cm³/mol. The second-order valence-electron chi connectivity index (χ2n) is 16.2. The van der Waals surface area contributed by atoms with E-state index < -0.39 is 10.8 Å². The Kier molecular flexibility index (Phi) is 13.5. The molecule has 1 aliphatic heterocycles. The number of ether oxygens (including phenoxy) is 3. The van der Waals surface area contributed by atoms with Gasteiger partial charge in [-0.15, -0.1) is 0 Å². The molecule has 0 bridgehead atoms. The number of hydrogen-bond acceptors (Lipinski definition) is 5. The van der Waals surface area contributed by atoms with Gasteiger partial charge < -0.3 is 19.3 Å². The van der Waals surface area contributed by atoms with Crippen molar-refractivity contribution >= 4 is 58.3 Å². The molecule has 288 valence electrons. The molecule has 6 nitrogen and oxygen atoms in total. The van der Waals surface area contributed by atoms with E-state index in [0.29, 0.717) is 105 Å². The van der Waals surface area contributed by atoms with Crippen LogP contribution in [0.4, 0.5) is 0 Å². The van der Waals surface area contributed by atoms with Crippen molar-refractivity contribution in [2.24, 2.45) is 23.2 Å². The number of aliphatic hydroxyl groups excluding tert-OH is 1. The zero-order valence-electron chi connectivity index (χ0n) is 32.1. The lowest BCUT2D eigenvalue weighted by Crippen LogP contribution is -2.27. The number of ketones is 1. The van der Waals surface area contributed by atoms with Crippen LogP contribution < -0.4 is 0 Å². The number of allylic oxidation sites excluding steroid dienone is 10. The second-order valence-corrected chi connectivity index (χ2v) is 17.8. The molecule has 2 heterocycles. The fourth-order valence-electron chi connectivity index (χ4n) is 6.01. The van der Waals surface area contributed by atoms with Gasteiger partial charge in [-0.2, -0.15) is 0 Å². The molecular weight excluding hydrogens is 766 g/mol. The Morgan fingerprint density at radius 3 is 2.17 bits per heavy atom. The smallest absolute Gasteiger partial charge is 0.360 e. The van der Waals surface area contributed by atoms with Crippen molar-refractivity contribution < 1.29 is 28.5 Å². The molecule has 1 aromatic heterocycles. The van der Waals surface area contributed by atoms with Crippen molar-refractivity contribution in [3.05, 3.63) is 126 Å². The van der Waals surface area contributed by atoms with Gasteiger partial charge in [0, 0.05) is 30.6 Å². The van der Waals surface area contributed by atoms with E-state index in [2.05, 4.69) is 41.5 Å². The highest BCUT2D eigenvalue weighted by Gasteiger charge is 2.37. The molecule has 1 unspecified atom stereocenters. The fourth-order valence-corrected chi connectivity index (χ4v) is 6.69. The summed E-state index contributed by atoms with van der Waals surface area (Å²) >= 11 is 25.3. The van der Waals surface area contributed by atoms with Crippen molar-refractivity contribution in [1.29, 1.82) is 0 Å². The minimum absolute atomic E-state index is 0.100. The molecule has 0 radical (unpaired) electrons. The van der Waals surface area contributed by atoms with Crippen LogP contribution in [0.5, 0.6) is 0 Å². The van der Waals surface area contributed by atoms with Gasteiger partial charge in [-0.05, 0) is 85.7 Å². The Labute approximate surface area is 339 Å². The molecule has 0 saturated heterocycles.